The van der Waals surface area contributed by atoms with Crippen LogP contribution in [0.5, 0.6) is 5.75 Å². The van der Waals surface area contributed by atoms with Gasteiger partial charge in [-0.05, 0) is 44.9 Å². The summed E-state index contributed by atoms with van der Waals surface area (Å²) in [4.78, 5) is 19.8. The Bertz CT molecular complexity index is 996. The van der Waals surface area contributed by atoms with Crippen molar-refractivity contribution in [3.8, 4) is 17.1 Å². The average molecular weight is 420 g/mol. The second-order valence-corrected chi connectivity index (χ2v) is 8.21. The van der Waals surface area contributed by atoms with Crippen molar-refractivity contribution < 1.29 is 14.1 Å². The fourth-order valence-electron chi connectivity index (χ4n) is 4.13. The van der Waals surface area contributed by atoms with E-state index in [1.807, 2.05) is 66.4 Å². The Kier molecular flexibility index (Phi) is 6.65. The summed E-state index contributed by atoms with van der Waals surface area (Å²) in [7, 11) is 0. The van der Waals surface area contributed by atoms with Crippen LogP contribution in [0.3, 0.4) is 0 Å². The summed E-state index contributed by atoms with van der Waals surface area (Å²) >= 11 is 0. The first-order valence-electron chi connectivity index (χ1n) is 11.0. The van der Waals surface area contributed by atoms with Gasteiger partial charge in [0.2, 0.25) is 11.7 Å². The van der Waals surface area contributed by atoms with Crippen molar-refractivity contribution in [3.63, 3.8) is 0 Å². The van der Waals surface area contributed by atoms with Crippen LogP contribution < -0.4 is 4.74 Å². The molecule has 162 valence electrons. The van der Waals surface area contributed by atoms with E-state index in [0.29, 0.717) is 24.0 Å². The van der Waals surface area contributed by atoms with E-state index in [0.717, 1.165) is 36.8 Å². The third-order valence-electron chi connectivity index (χ3n) is 5.75. The molecule has 0 saturated heterocycles. The minimum absolute atomic E-state index is 0.0499. The number of benzene rings is 2. The molecule has 0 spiro atoms. The van der Waals surface area contributed by atoms with E-state index in [9.17, 15) is 4.79 Å². The molecule has 0 N–H and O–H groups in total. The summed E-state index contributed by atoms with van der Waals surface area (Å²) < 4.78 is 11.4. The summed E-state index contributed by atoms with van der Waals surface area (Å²) in [5.74, 6) is 1.63. The van der Waals surface area contributed by atoms with Gasteiger partial charge >= 0.3 is 0 Å². The van der Waals surface area contributed by atoms with E-state index in [1.165, 1.54) is 6.42 Å². The quantitative estimate of drug-likeness (QED) is 0.528. The Morgan fingerprint density at radius 1 is 1.13 bits per heavy atom. The zero-order valence-corrected chi connectivity index (χ0v) is 18.2. The third kappa shape index (κ3) is 5.32. The molecule has 4 rings (SSSR count). The Morgan fingerprint density at radius 2 is 1.90 bits per heavy atom. The van der Waals surface area contributed by atoms with E-state index in [2.05, 4.69) is 10.1 Å². The Balaban J connectivity index is 1.52. The molecular weight excluding hydrogens is 390 g/mol. The fraction of sp³-hybridized carbons (Fsp3) is 0.400. The van der Waals surface area contributed by atoms with Gasteiger partial charge in [-0.15, -0.1) is 0 Å². The largest absolute Gasteiger partial charge is 0.481 e. The van der Waals surface area contributed by atoms with Gasteiger partial charge in [0.15, 0.2) is 6.10 Å². The molecule has 1 heterocycles. The maximum absolute atomic E-state index is 13.4. The molecule has 2 aromatic carbocycles. The smallest absolute Gasteiger partial charge is 0.264 e. The summed E-state index contributed by atoms with van der Waals surface area (Å²) in [5, 5.41) is 4.14. The van der Waals surface area contributed by atoms with Crippen LogP contribution in [0.25, 0.3) is 11.4 Å². The third-order valence-corrected chi connectivity index (χ3v) is 5.75. The van der Waals surface area contributed by atoms with Crippen molar-refractivity contribution >= 4 is 5.91 Å². The van der Waals surface area contributed by atoms with Gasteiger partial charge in [0.1, 0.15) is 12.3 Å². The summed E-state index contributed by atoms with van der Waals surface area (Å²) in [6, 6.07) is 17.6. The number of carbonyl (C=O) groups is 1. The number of para-hydroxylation sites is 1. The number of ether oxygens (including phenoxy) is 1. The SMILES string of the molecule is Cc1cccc(-c2noc(CN(C(=O)[C@@H](C)Oc3ccccc3)C3CCCCC3)n2)c1. The molecule has 0 radical (unpaired) electrons. The molecule has 0 unspecified atom stereocenters. The number of nitrogens with zero attached hydrogens (tertiary/aromatic N) is 3. The molecule has 6 heteroatoms. The first kappa shape index (κ1) is 21.1. The van der Waals surface area contributed by atoms with Crippen LogP contribution in [0.15, 0.2) is 59.1 Å². The number of rotatable bonds is 7. The molecule has 0 bridgehead atoms. The highest BCUT2D eigenvalue weighted by molar-refractivity contribution is 5.81. The van der Waals surface area contributed by atoms with Crippen molar-refractivity contribution in [2.24, 2.45) is 0 Å². The van der Waals surface area contributed by atoms with E-state index >= 15 is 0 Å². The maximum atomic E-state index is 13.4. The van der Waals surface area contributed by atoms with Crippen molar-refractivity contribution in [1.29, 1.82) is 0 Å². The zero-order chi connectivity index (χ0) is 21.6. The van der Waals surface area contributed by atoms with E-state index in [-0.39, 0.29) is 11.9 Å². The van der Waals surface area contributed by atoms with Gasteiger partial charge in [0.05, 0.1) is 0 Å². The van der Waals surface area contributed by atoms with Crippen LogP contribution in [0.2, 0.25) is 0 Å². The molecule has 1 aliphatic carbocycles. The van der Waals surface area contributed by atoms with Crippen LogP contribution in [-0.2, 0) is 11.3 Å². The number of hydrogen-bond donors (Lipinski definition) is 0. The molecule has 0 aliphatic heterocycles. The molecule has 6 nitrogen and oxygen atoms in total. The number of hydrogen-bond acceptors (Lipinski definition) is 5. The Labute approximate surface area is 183 Å². The lowest BCUT2D eigenvalue weighted by atomic mass is 9.94. The number of amides is 1. The van der Waals surface area contributed by atoms with Crippen molar-refractivity contribution in [2.45, 2.75) is 64.6 Å². The molecule has 1 atom stereocenters. The Hall–Kier alpha value is -3.15. The highest BCUT2D eigenvalue weighted by Crippen LogP contribution is 2.26. The molecule has 1 aliphatic rings. The first-order chi connectivity index (χ1) is 15.1. The molecule has 1 amide bonds. The van der Waals surface area contributed by atoms with Crippen LogP contribution in [0, 0.1) is 6.92 Å². The number of carbonyl (C=O) groups excluding carboxylic acids is 1. The van der Waals surface area contributed by atoms with E-state index in [4.69, 9.17) is 9.26 Å². The van der Waals surface area contributed by atoms with Gasteiger partial charge in [0.25, 0.3) is 5.91 Å². The highest BCUT2D eigenvalue weighted by atomic mass is 16.5. The Morgan fingerprint density at radius 3 is 2.65 bits per heavy atom. The second-order valence-electron chi connectivity index (χ2n) is 8.21. The lowest BCUT2D eigenvalue weighted by Gasteiger charge is -2.35. The molecule has 1 aromatic heterocycles. The van der Waals surface area contributed by atoms with Gasteiger partial charge in [-0.1, -0.05) is 66.4 Å². The minimum Gasteiger partial charge on any atom is -0.481 e. The summed E-state index contributed by atoms with van der Waals surface area (Å²) in [6.07, 6.45) is 4.85. The first-order valence-corrected chi connectivity index (χ1v) is 11.0. The zero-order valence-electron chi connectivity index (χ0n) is 18.2. The van der Waals surface area contributed by atoms with Crippen LogP contribution >= 0.6 is 0 Å². The highest BCUT2D eigenvalue weighted by Gasteiger charge is 2.31. The second kappa shape index (κ2) is 9.77. The lowest BCUT2D eigenvalue weighted by molar-refractivity contribution is -0.142. The van der Waals surface area contributed by atoms with Gasteiger partial charge in [-0.25, -0.2) is 0 Å². The summed E-state index contributed by atoms with van der Waals surface area (Å²) in [6.45, 7) is 4.13. The van der Waals surface area contributed by atoms with Gasteiger partial charge in [0, 0.05) is 11.6 Å². The lowest BCUT2D eigenvalue weighted by Crippen LogP contribution is -2.46. The van der Waals surface area contributed by atoms with Gasteiger partial charge in [-0.3, -0.25) is 4.79 Å². The molecule has 1 fully saturated rings. The number of aryl methyl sites for hydroxylation is 1. The molecule has 3 aromatic rings. The maximum Gasteiger partial charge on any atom is 0.264 e. The molecular formula is C25H29N3O3. The topological polar surface area (TPSA) is 68.5 Å². The van der Waals surface area contributed by atoms with Gasteiger partial charge < -0.3 is 14.2 Å². The number of aromatic nitrogens is 2. The van der Waals surface area contributed by atoms with Crippen molar-refractivity contribution in [3.05, 3.63) is 66.1 Å². The summed E-state index contributed by atoms with van der Waals surface area (Å²) in [5.41, 5.74) is 2.04. The minimum atomic E-state index is -0.594. The predicted molar refractivity (Wildman–Crippen MR) is 118 cm³/mol. The van der Waals surface area contributed by atoms with Crippen LogP contribution in [0.1, 0.15) is 50.5 Å². The fourth-order valence-corrected chi connectivity index (χ4v) is 4.13. The van der Waals surface area contributed by atoms with Crippen molar-refractivity contribution in [1.82, 2.24) is 15.0 Å². The standard InChI is InChI=1S/C25H29N3O3/c1-18-10-9-11-20(16-18)24-26-23(31-27-24)17-28(21-12-5-3-6-13-21)25(29)19(2)30-22-14-7-4-8-15-22/h4,7-11,14-16,19,21H,3,5-6,12-13,17H2,1-2H3/t19-/m1/s1. The van der Waals surface area contributed by atoms with Crippen LogP contribution in [-0.4, -0.2) is 33.1 Å². The van der Waals surface area contributed by atoms with E-state index < -0.39 is 6.10 Å². The average Bonchev–Trinajstić information content (AvgIpc) is 3.27. The van der Waals surface area contributed by atoms with Crippen molar-refractivity contribution in [2.75, 3.05) is 0 Å². The predicted octanol–water partition coefficient (Wildman–Crippen LogP) is 5.17. The van der Waals surface area contributed by atoms with Gasteiger partial charge in [-0.2, -0.15) is 4.98 Å². The van der Waals surface area contributed by atoms with E-state index in [1.54, 1.807) is 6.92 Å². The normalized spacial score (nSPS) is 15.4. The molecule has 31 heavy (non-hydrogen) atoms. The van der Waals surface area contributed by atoms with Crippen LogP contribution in [0.4, 0.5) is 0 Å². The monoisotopic (exact) mass is 419 g/mol. The molecule has 1 saturated carbocycles.